The van der Waals surface area contributed by atoms with Crippen LogP contribution in [-0.4, -0.2) is 37.3 Å². The third kappa shape index (κ3) is 3.38. The van der Waals surface area contributed by atoms with E-state index in [9.17, 15) is 4.79 Å². The third-order valence-electron chi connectivity index (χ3n) is 4.63. The van der Waals surface area contributed by atoms with Crippen molar-refractivity contribution in [3.63, 3.8) is 0 Å². The Morgan fingerprint density at radius 1 is 1.22 bits per heavy atom. The van der Waals surface area contributed by atoms with E-state index < -0.39 is 0 Å². The number of likely N-dealkylation sites (tertiary alicyclic amines) is 1. The summed E-state index contributed by atoms with van der Waals surface area (Å²) in [7, 11) is 0. The lowest BCUT2D eigenvalue weighted by atomic mass is 10.1. The first kappa shape index (κ1) is 17.1. The quantitative estimate of drug-likeness (QED) is 0.759. The van der Waals surface area contributed by atoms with Crippen molar-refractivity contribution in [3.8, 4) is 0 Å². The Hall–Kier alpha value is -3.29. The second kappa shape index (κ2) is 7.14. The fourth-order valence-corrected chi connectivity index (χ4v) is 3.35. The van der Waals surface area contributed by atoms with Crippen LogP contribution in [0, 0.1) is 13.8 Å². The van der Waals surface area contributed by atoms with Crippen LogP contribution in [0.15, 0.2) is 41.4 Å². The van der Waals surface area contributed by atoms with E-state index in [2.05, 4.69) is 25.3 Å². The zero-order valence-electron chi connectivity index (χ0n) is 15.2. The van der Waals surface area contributed by atoms with Crippen molar-refractivity contribution < 1.29 is 9.21 Å². The molecule has 0 radical (unpaired) electrons. The second-order valence-corrected chi connectivity index (χ2v) is 6.50. The summed E-state index contributed by atoms with van der Waals surface area (Å²) >= 11 is 0. The highest BCUT2D eigenvalue weighted by Gasteiger charge is 2.35. The van der Waals surface area contributed by atoms with Crippen molar-refractivity contribution in [2.45, 2.75) is 32.7 Å². The van der Waals surface area contributed by atoms with Crippen molar-refractivity contribution in [3.05, 3.63) is 59.8 Å². The summed E-state index contributed by atoms with van der Waals surface area (Å²) in [5.41, 5.74) is 2.22. The molecular weight excluding hydrogens is 344 g/mol. The molecule has 3 aromatic rings. The van der Waals surface area contributed by atoms with Gasteiger partial charge in [0.15, 0.2) is 12.2 Å². The molecule has 0 aliphatic carbocycles. The lowest BCUT2D eigenvalue weighted by Crippen LogP contribution is -2.31. The van der Waals surface area contributed by atoms with Crippen molar-refractivity contribution >= 4 is 17.5 Å². The van der Waals surface area contributed by atoms with E-state index in [1.54, 1.807) is 24.2 Å². The van der Waals surface area contributed by atoms with Gasteiger partial charge >= 0.3 is 0 Å². The Morgan fingerprint density at radius 3 is 2.85 bits per heavy atom. The number of anilines is 2. The molecule has 1 aliphatic heterocycles. The summed E-state index contributed by atoms with van der Waals surface area (Å²) in [6.45, 7) is 4.34. The minimum atomic E-state index is -0.178. The minimum Gasteiger partial charge on any atom is -0.438 e. The average Bonchev–Trinajstić information content (AvgIpc) is 3.31. The zero-order valence-corrected chi connectivity index (χ0v) is 15.2. The predicted molar refractivity (Wildman–Crippen MR) is 98.5 cm³/mol. The fraction of sp³-hybridized carbons (Fsp3) is 0.316. The van der Waals surface area contributed by atoms with Gasteiger partial charge in [-0.15, -0.1) is 0 Å². The van der Waals surface area contributed by atoms with Gasteiger partial charge in [-0.1, -0.05) is 6.07 Å². The van der Waals surface area contributed by atoms with Crippen molar-refractivity contribution in [2.75, 3.05) is 11.9 Å². The third-order valence-corrected chi connectivity index (χ3v) is 4.63. The van der Waals surface area contributed by atoms with E-state index in [0.29, 0.717) is 23.9 Å². The van der Waals surface area contributed by atoms with E-state index in [1.165, 1.54) is 6.39 Å². The van der Waals surface area contributed by atoms with Crippen LogP contribution in [-0.2, 0) is 0 Å². The molecule has 0 aromatic carbocycles. The summed E-state index contributed by atoms with van der Waals surface area (Å²) in [5.74, 6) is 1.41. The molecule has 8 heteroatoms. The molecule has 1 fully saturated rings. The molecule has 0 saturated carbocycles. The Balaban J connectivity index is 1.64. The van der Waals surface area contributed by atoms with Crippen LogP contribution in [0.2, 0.25) is 0 Å². The molecule has 4 rings (SSSR count). The molecule has 1 saturated heterocycles. The lowest BCUT2D eigenvalue weighted by Gasteiger charge is -2.24. The standard InChI is InChI=1S/C19H20N6O2/c1-12-5-3-7-15(23-12)24-18-16(20-8-9-21-18)14-6-4-10-25(14)19(26)17-13(2)22-11-27-17/h3,5,7-9,11,14H,4,6,10H2,1-2H3,(H,21,23,24). The van der Waals surface area contributed by atoms with Crippen molar-refractivity contribution in [1.29, 1.82) is 0 Å². The first-order valence-electron chi connectivity index (χ1n) is 8.86. The van der Waals surface area contributed by atoms with Gasteiger partial charge in [0.25, 0.3) is 5.91 Å². The molecule has 138 valence electrons. The highest BCUT2D eigenvalue weighted by molar-refractivity contribution is 5.93. The number of nitrogens with one attached hydrogen (secondary N) is 1. The number of rotatable bonds is 4. The van der Waals surface area contributed by atoms with Crippen molar-refractivity contribution in [2.24, 2.45) is 0 Å². The maximum atomic E-state index is 12.9. The summed E-state index contributed by atoms with van der Waals surface area (Å²) in [5, 5.41) is 3.24. The van der Waals surface area contributed by atoms with Crippen LogP contribution in [0.25, 0.3) is 0 Å². The Bertz CT molecular complexity index is 970. The largest absolute Gasteiger partial charge is 0.438 e. The van der Waals surface area contributed by atoms with Gasteiger partial charge in [-0.25, -0.2) is 15.0 Å². The number of nitrogens with zero attached hydrogens (tertiary/aromatic N) is 5. The number of amides is 1. The minimum absolute atomic E-state index is 0.169. The molecule has 4 heterocycles. The first-order chi connectivity index (χ1) is 13.1. The number of hydrogen-bond donors (Lipinski definition) is 1. The summed E-state index contributed by atoms with van der Waals surface area (Å²) in [6.07, 6.45) is 6.27. The van der Waals surface area contributed by atoms with Crippen LogP contribution < -0.4 is 5.32 Å². The average molecular weight is 364 g/mol. The van der Waals surface area contributed by atoms with Crippen LogP contribution in [0.1, 0.15) is 46.5 Å². The molecular formula is C19H20N6O2. The topological polar surface area (TPSA) is 97.0 Å². The van der Waals surface area contributed by atoms with Crippen LogP contribution in [0.3, 0.4) is 0 Å². The molecule has 1 unspecified atom stereocenters. The molecule has 1 N–H and O–H groups in total. The number of carbonyl (C=O) groups is 1. The van der Waals surface area contributed by atoms with Gasteiger partial charge in [0.1, 0.15) is 11.5 Å². The summed E-state index contributed by atoms with van der Waals surface area (Å²) < 4.78 is 5.30. The zero-order chi connectivity index (χ0) is 18.8. The molecule has 0 bridgehead atoms. The van der Waals surface area contributed by atoms with Gasteiger partial charge in [0.2, 0.25) is 5.76 Å². The number of aromatic nitrogens is 4. The molecule has 3 aromatic heterocycles. The van der Waals surface area contributed by atoms with Gasteiger partial charge in [0, 0.05) is 24.6 Å². The van der Waals surface area contributed by atoms with E-state index >= 15 is 0 Å². The Labute approximate surface area is 156 Å². The summed E-state index contributed by atoms with van der Waals surface area (Å²) in [4.78, 5) is 32.2. The smallest absolute Gasteiger partial charge is 0.292 e. The van der Waals surface area contributed by atoms with E-state index in [-0.39, 0.29) is 17.7 Å². The van der Waals surface area contributed by atoms with Crippen LogP contribution in [0.4, 0.5) is 11.6 Å². The SMILES string of the molecule is Cc1cccc(Nc2nccnc2C2CCCN2C(=O)c2ocnc2C)n1. The monoisotopic (exact) mass is 364 g/mol. The molecule has 0 spiro atoms. The van der Waals surface area contributed by atoms with E-state index in [0.717, 1.165) is 24.2 Å². The number of pyridine rings is 1. The maximum Gasteiger partial charge on any atom is 0.292 e. The number of oxazole rings is 1. The summed E-state index contributed by atoms with van der Waals surface area (Å²) in [6, 6.07) is 5.56. The highest BCUT2D eigenvalue weighted by atomic mass is 16.3. The molecule has 1 amide bonds. The van der Waals surface area contributed by atoms with Crippen LogP contribution >= 0.6 is 0 Å². The number of hydrogen-bond acceptors (Lipinski definition) is 7. The maximum absolute atomic E-state index is 12.9. The van der Waals surface area contributed by atoms with E-state index in [1.807, 2.05) is 25.1 Å². The van der Waals surface area contributed by atoms with Gasteiger partial charge in [-0.3, -0.25) is 9.78 Å². The highest BCUT2D eigenvalue weighted by Crippen LogP contribution is 2.35. The Kier molecular flexibility index (Phi) is 4.53. The van der Waals surface area contributed by atoms with E-state index in [4.69, 9.17) is 4.42 Å². The Morgan fingerprint density at radius 2 is 2.07 bits per heavy atom. The fourth-order valence-electron chi connectivity index (χ4n) is 3.35. The van der Waals surface area contributed by atoms with Crippen LogP contribution in [0.5, 0.6) is 0 Å². The molecule has 1 atom stereocenters. The van der Waals surface area contributed by atoms with Crippen molar-refractivity contribution in [1.82, 2.24) is 24.8 Å². The van der Waals surface area contributed by atoms with Gasteiger partial charge < -0.3 is 14.6 Å². The number of carbonyl (C=O) groups excluding carboxylic acids is 1. The van der Waals surface area contributed by atoms with Gasteiger partial charge in [0.05, 0.1) is 11.7 Å². The van der Waals surface area contributed by atoms with Gasteiger partial charge in [-0.2, -0.15) is 0 Å². The lowest BCUT2D eigenvalue weighted by molar-refractivity contribution is 0.0700. The molecule has 1 aliphatic rings. The number of aryl methyl sites for hydroxylation is 2. The normalized spacial score (nSPS) is 16.5. The molecule has 27 heavy (non-hydrogen) atoms. The predicted octanol–water partition coefficient (Wildman–Crippen LogP) is 3.20. The second-order valence-electron chi connectivity index (χ2n) is 6.50. The molecule has 8 nitrogen and oxygen atoms in total. The first-order valence-corrected chi connectivity index (χ1v) is 8.86. The van der Waals surface area contributed by atoms with Gasteiger partial charge in [-0.05, 0) is 38.8 Å².